The Morgan fingerprint density at radius 2 is 1.67 bits per heavy atom. The van der Waals surface area contributed by atoms with Crippen LogP contribution in [0.5, 0.6) is 5.75 Å². The molecule has 1 amide bonds. The summed E-state index contributed by atoms with van der Waals surface area (Å²) in [4.78, 5) is 25.4. The Bertz CT molecular complexity index is 1180. The van der Waals surface area contributed by atoms with Gasteiger partial charge in [-0.25, -0.2) is 4.79 Å². The van der Waals surface area contributed by atoms with Gasteiger partial charge in [0.2, 0.25) is 0 Å². The number of benzene rings is 3. The molecule has 0 saturated carbocycles. The molecule has 1 heterocycles. The molecule has 1 atom stereocenters. The molecule has 0 saturated heterocycles. The van der Waals surface area contributed by atoms with Gasteiger partial charge in [-0.1, -0.05) is 54.3 Å². The molecule has 3 aromatic rings. The number of amides is 1. The third kappa shape index (κ3) is 3.91. The van der Waals surface area contributed by atoms with Gasteiger partial charge in [-0.3, -0.25) is 15.0 Å². The van der Waals surface area contributed by atoms with Crippen LogP contribution in [0.1, 0.15) is 11.1 Å². The van der Waals surface area contributed by atoms with E-state index in [-0.39, 0.29) is 5.69 Å². The molecular formula is C24H16N2O4. The first-order valence-corrected chi connectivity index (χ1v) is 9.22. The molecule has 0 spiro atoms. The van der Waals surface area contributed by atoms with Gasteiger partial charge < -0.3 is 4.74 Å². The van der Waals surface area contributed by atoms with Gasteiger partial charge in [0.15, 0.2) is 0 Å². The fourth-order valence-corrected chi connectivity index (χ4v) is 3.15. The lowest BCUT2D eigenvalue weighted by Gasteiger charge is -2.29. The second-order valence-electron chi connectivity index (χ2n) is 6.46. The average molecular weight is 396 g/mol. The number of nitrogens with zero attached hydrogens (tertiary/aromatic N) is 2. The van der Waals surface area contributed by atoms with Crippen LogP contribution in [-0.4, -0.2) is 17.1 Å². The van der Waals surface area contributed by atoms with Crippen LogP contribution in [0.2, 0.25) is 0 Å². The van der Waals surface area contributed by atoms with E-state index in [1.54, 1.807) is 48.6 Å². The lowest BCUT2D eigenvalue weighted by atomic mass is 10.0. The van der Waals surface area contributed by atoms with E-state index in [0.717, 1.165) is 5.56 Å². The molecule has 4 rings (SSSR count). The zero-order valence-corrected chi connectivity index (χ0v) is 15.8. The fourth-order valence-electron chi connectivity index (χ4n) is 3.15. The van der Waals surface area contributed by atoms with E-state index >= 15 is 0 Å². The molecule has 1 aliphatic rings. The fraction of sp³-hybridized carbons (Fsp3) is 0.0417. The second-order valence-corrected chi connectivity index (χ2v) is 6.46. The molecule has 0 radical (unpaired) electrons. The summed E-state index contributed by atoms with van der Waals surface area (Å²) in [6, 6.07) is 22.0. The van der Waals surface area contributed by atoms with Crippen molar-refractivity contribution in [3.63, 3.8) is 0 Å². The summed E-state index contributed by atoms with van der Waals surface area (Å²) in [7, 11) is 0. The van der Waals surface area contributed by atoms with Crippen molar-refractivity contribution in [3.8, 4) is 17.6 Å². The number of fused-ring (bicyclic) bond motifs is 1. The summed E-state index contributed by atoms with van der Waals surface area (Å²) >= 11 is 0. The highest BCUT2D eigenvalue weighted by Gasteiger charge is 2.32. The van der Waals surface area contributed by atoms with Crippen LogP contribution in [0.25, 0.3) is 6.08 Å². The maximum Gasteiger partial charge on any atom is 0.421 e. The summed E-state index contributed by atoms with van der Waals surface area (Å²) in [5, 5.41) is 11.4. The zero-order valence-electron chi connectivity index (χ0n) is 15.8. The number of carbonyl (C=O) groups is 1. The molecule has 146 valence electrons. The normalized spacial score (nSPS) is 14.3. The Labute approximate surface area is 173 Å². The van der Waals surface area contributed by atoms with Crippen LogP contribution in [-0.2, 0) is 0 Å². The molecule has 0 aliphatic carbocycles. The van der Waals surface area contributed by atoms with E-state index in [1.165, 1.54) is 11.0 Å². The van der Waals surface area contributed by atoms with Crippen LogP contribution >= 0.6 is 0 Å². The van der Waals surface area contributed by atoms with Gasteiger partial charge in [-0.15, -0.1) is 0 Å². The number of hydrogen-bond acceptors (Lipinski definition) is 4. The van der Waals surface area contributed by atoms with Crippen LogP contribution in [0.3, 0.4) is 0 Å². The molecule has 1 aliphatic heterocycles. The number of rotatable bonds is 2. The first-order chi connectivity index (χ1) is 14.6. The van der Waals surface area contributed by atoms with Gasteiger partial charge in [0.25, 0.3) is 5.69 Å². The molecule has 0 fully saturated rings. The minimum Gasteiger partial charge on any atom is -0.410 e. The number of hydrogen-bond donors (Lipinski definition) is 0. The first-order valence-electron chi connectivity index (χ1n) is 9.22. The van der Waals surface area contributed by atoms with Crippen molar-refractivity contribution in [2.24, 2.45) is 0 Å². The summed E-state index contributed by atoms with van der Waals surface area (Å²) in [5.41, 5.74) is 1.42. The SMILES string of the molecule is O=C(Oc1ccccc1)N1c2cccc([N+](=O)[O-])c2C=CC1C#Cc1ccccc1. The number of carbonyl (C=O) groups excluding carboxylic acids is 1. The number of anilines is 1. The van der Waals surface area contributed by atoms with E-state index in [1.807, 2.05) is 36.4 Å². The van der Waals surface area contributed by atoms with E-state index in [2.05, 4.69) is 11.8 Å². The molecule has 0 N–H and O–H groups in total. The Hall–Kier alpha value is -4.37. The quantitative estimate of drug-likeness (QED) is 0.345. The number of ether oxygens (including phenoxy) is 1. The van der Waals surface area contributed by atoms with Crippen molar-refractivity contribution in [2.45, 2.75) is 6.04 Å². The molecular weight excluding hydrogens is 380 g/mol. The van der Waals surface area contributed by atoms with Gasteiger partial charge in [0.1, 0.15) is 11.8 Å². The van der Waals surface area contributed by atoms with Gasteiger partial charge >= 0.3 is 6.09 Å². The Morgan fingerprint density at radius 1 is 0.967 bits per heavy atom. The Kier molecular flexibility index (Phi) is 5.27. The van der Waals surface area contributed by atoms with Gasteiger partial charge in [0.05, 0.1) is 16.2 Å². The van der Waals surface area contributed by atoms with E-state index in [0.29, 0.717) is 17.0 Å². The van der Waals surface area contributed by atoms with E-state index < -0.39 is 17.1 Å². The highest BCUT2D eigenvalue weighted by Crippen LogP contribution is 2.35. The molecule has 0 bridgehead atoms. The molecule has 6 nitrogen and oxygen atoms in total. The van der Waals surface area contributed by atoms with Gasteiger partial charge in [-0.05, 0) is 42.5 Å². The highest BCUT2D eigenvalue weighted by molar-refractivity contribution is 5.97. The largest absolute Gasteiger partial charge is 0.421 e. The van der Waals surface area contributed by atoms with E-state index in [4.69, 9.17) is 4.74 Å². The predicted molar refractivity (Wildman–Crippen MR) is 114 cm³/mol. The molecule has 3 aromatic carbocycles. The van der Waals surface area contributed by atoms with Crippen molar-refractivity contribution in [1.29, 1.82) is 0 Å². The van der Waals surface area contributed by atoms with Crippen molar-refractivity contribution in [2.75, 3.05) is 4.90 Å². The average Bonchev–Trinajstić information content (AvgIpc) is 2.78. The maximum absolute atomic E-state index is 13.1. The van der Waals surface area contributed by atoms with Crippen LogP contribution in [0.15, 0.2) is 84.9 Å². The van der Waals surface area contributed by atoms with Crippen LogP contribution in [0, 0.1) is 22.0 Å². The molecule has 0 aromatic heterocycles. The number of nitro groups is 1. The topological polar surface area (TPSA) is 72.7 Å². The zero-order chi connectivity index (χ0) is 20.9. The Morgan fingerprint density at radius 3 is 2.37 bits per heavy atom. The number of nitro benzene ring substituents is 1. The standard InChI is InChI=1S/C24H16N2O4/c27-24(30-20-10-5-2-6-11-20)25-19(15-14-18-8-3-1-4-9-18)16-17-21-22(25)12-7-13-23(21)26(28)29/h1-13,16-17,19H. The summed E-state index contributed by atoms with van der Waals surface area (Å²) < 4.78 is 5.51. The summed E-state index contributed by atoms with van der Waals surface area (Å²) in [5.74, 6) is 6.48. The lowest BCUT2D eigenvalue weighted by Crippen LogP contribution is -2.42. The Balaban J connectivity index is 1.75. The highest BCUT2D eigenvalue weighted by atomic mass is 16.6. The summed E-state index contributed by atoms with van der Waals surface area (Å²) in [6.07, 6.45) is 2.63. The molecule has 6 heteroatoms. The third-order valence-corrected chi connectivity index (χ3v) is 4.52. The maximum atomic E-state index is 13.1. The number of para-hydroxylation sites is 1. The van der Waals surface area contributed by atoms with Crippen LogP contribution in [0.4, 0.5) is 16.2 Å². The van der Waals surface area contributed by atoms with Gasteiger partial charge in [-0.2, -0.15) is 0 Å². The van der Waals surface area contributed by atoms with Gasteiger partial charge in [0, 0.05) is 11.6 Å². The second kappa shape index (κ2) is 8.33. The van der Waals surface area contributed by atoms with Crippen molar-refractivity contribution in [3.05, 3.63) is 106 Å². The van der Waals surface area contributed by atoms with Crippen molar-refractivity contribution >= 4 is 23.5 Å². The minimum absolute atomic E-state index is 0.0873. The third-order valence-electron chi connectivity index (χ3n) is 4.52. The van der Waals surface area contributed by atoms with Crippen LogP contribution < -0.4 is 9.64 Å². The molecule has 1 unspecified atom stereocenters. The van der Waals surface area contributed by atoms with Crippen molar-refractivity contribution in [1.82, 2.24) is 0 Å². The minimum atomic E-state index is -0.667. The van der Waals surface area contributed by atoms with Crippen molar-refractivity contribution < 1.29 is 14.5 Å². The monoisotopic (exact) mass is 396 g/mol. The lowest BCUT2D eigenvalue weighted by molar-refractivity contribution is -0.385. The summed E-state index contributed by atoms with van der Waals surface area (Å²) in [6.45, 7) is 0. The predicted octanol–water partition coefficient (Wildman–Crippen LogP) is 5.05. The first kappa shape index (κ1) is 19.0. The smallest absolute Gasteiger partial charge is 0.410 e. The van der Waals surface area contributed by atoms with E-state index in [9.17, 15) is 14.9 Å². The molecule has 30 heavy (non-hydrogen) atoms.